The minimum atomic E-state index is -0.886. The maximum atomic E-state index is 11.0. The van der Waals surface area contributed by atoms with E-state index in [0.717, 1.165) is 37.4 Å². The second kappa shape index (κ2) is 8.86. The zero-order valence-corrected chi connectivity index (χ0v) is 16.2. The fourth-order valence-electron chi connectivity index (χ4n) is 2.98. The molecule has 0 atom stereocenters. The summed E-state index contributed by atoms with van der Waals surface area (Å²) < 4.78 is 5.21. The molecular weight excluding hydrogens is 326 g/mol. The van der Waals surface area contributed by atoms with Crippen LogP contribution in [0.5, 0.6) is 5.75 Å². The summed E-state index contributed by atoms with van der Waals surface area (Å²) in [6, 6.07) is 15.4. The van der Waals surface area contributed by atoms with E-state index < -0.39 is 5.97 Å². The van der Waals surface area contributed by atoms with Crippen LogP contribution in [0.25, 0.3) is 0 Å². The second-order valence-corrected chi connectivity index (χ2v) is 7.87. The molecule has 0 fully saturated rings. The summed E-state index contributed by atoms with van der Waals surface area (Å²) in [4.78, 5) is 13.4. The van der Waals surface area contributed by atoms with E-state index in [1.807, 2.05) is 24.3 Å². The fraction of sp³-hybridized carbons (Fsp3) is 0.409. The van der Waals surface area contributed by atoms with Gasteiger partial charge in [0.1, 0.15) is 5.75 Å². The van der Waals surface area contributed by atoms with Crippen molar-refractivity contribution in [1.82, 2.24) is 4.90 Å². The summed E-state index contributed by atoms with van der Waals surface area (Å²) in [5, 5.41) is 9.04. The fourth-order valence-corrected chi connectivity index (χ4v) is 2.98. The van der Waals surface area contributed by atoms with Crippen molar-refractivity contribution in [3.05, 3.63) is 65.2 Å². The van der Waals surface area contributed by atoms with Gasteiger partial charge in [0.2, 0.25) is 0 Å². The van der Waals surface area contributed by atoms with Crippen LogP contribution in [0.3, 0.4) is 0 Å². The quantitative estimate of drug-likeness (QED) is 0.758. The Morgan fingerprint density at radius 2 is 1.58 bits per heavy atom. The van der Waals surface area contributed by atoms with E-state index in [2.05, 4.69) is 37.8 Å². The van der Waals surface area contributed by atoms with Gasteiger partial charge < -0.3 is 9.84 Å². The molecule has 0 aliphatic carbocycles. The molecule has 0 aromatic heterocycles. The van der Waals surface area contributed by atoms with Crippen LogP contribution in [0.1, 0.15) is 42.3 Å². The molecule has 2 rings (SSSR count). The van der Waals surface area contributed by atoms with Gasteiger partial charge in [0.05, 0.1) is 12.7 Å². The summed E-state index contributed by atoms with van der Waals surface area (Å²) in [6.07, 6.45) is 0.966. The van der Waals surface area contributed by atoms with Gasteiger partial charge in [-0.05, 0) is 47.2 Å². The minimum absolute atomic E-state index is 0.195. The summed E-state index contributed by atoms with van der Waals surface area (Å²) in [7, 11) is 1.68. The molecule has 0 radical (unpaired) electrons. The van der Waals surface area contributed by atoms with Gasteiger partial charge in [0, 0.05) is 19.6 Å². The van der Waals surface area contributed by atoms with Gasteiger partial charge >= 0.3 is 5.97 Å². The van der Waals surface area contributed by atoms with Crippen LogP contribution in [0.2, 0.25) is 0 Å². The predicted molar refractivity (Wildman–Crippen MR) is 105 cm³/mol. The Morgan fingerprint density at radius 1 is 1.00 bits per heavy atom. The lowest BCUT2D eigenvalue weighted by Crippen LogP contribution is -2.34. The first-order valence-electron chi connectivity index (χ1n) is 8.94. The number of ether oxygens (including phenoxy) is 1. The number of benzene rings is 2. The number of methoxy groups -OCH3 is 1. The summed E-state index contributed by atoms with van der Waals surface area (Å²) in [5.41, 5.74) is 2.94. The first-order valence-corrected chi connectivity index (χ1v) is 8.94. The average Bonchev–Trinajstić information content (AvgIpc) is 2.59. The number of carbonyl (C=O) groups is 1. The molecule has 0 unspecified atom stereocenters. The number of hydrogen-bond acceptors (Lipinski definition) is 3. The van der Waals surface area contributed by atoms with Gasteiger partial charge in [0.25, 0.3) is 0 Å². The van der Waals surface area contributed by atoms with Crippen molar-refractivity contribution in [3.63, 3.8) is 0 Å². The predicted octanol–water partition coefficient (Wildman–Crippen LogP) is 4.48. The van der Waals surface area contributed by atoms with Gasteiger partial charge in [-0.1, -0.05) is 45.0 Å². The third-order valence-corrected chi connectivity index (χ3v) is 4.18. The van der Waals surface area contributed by atoms with Crippen LogP contribution >= 0.6 is 0 Å². The van der Waals surface area contributed by atoms with Crippen molar-refractivity contribution < 1.29 is 14.6 Å². The number of aromatic carboxylic acids is 1. The van der Waals surface area contributed by atoms with Gasteiger partial charge in [-0.25, -0.2) is 4.79 Å². The third kappa shape index (κ3) is 6.52. The number of nitrogens with zero attached hydrogens (tertiary/aromatic N) is 1. The Bertz CT molecular complexity index is 700. The lowest BCUT2D eigenvalue weighted by Gasteiger charge is -2.30. The van der Waals surface area contributed by atoms with Crippen molar-refractivity contribution in [1.29, 1.82) is 0 Å². The normalized spacial score (nSPS) is 11.6. The molecule has 0 aliphatic rings. The number of rotatable bonds is 8. The highest BCUT2D eigenvalue weighted by atomic mass is 16.5. The Hall–Kier alpha value is -2.33. The number of carboxylic acid groups (broad SMARTS) is 1. The highest BCUT2D eigenvalue weighted by Gasteiger charge is 2.17. The molecule has 0 aliphatic heterocycles. The van der Waals surface area contributed by atoms with E-state index in [9.17, 15) is 4.79 Å². The zero-order valence-electron chi connectivity index (χ0n) is 16.2. The van der Waals surface area contributed by atoms with E-state index in [4.69, 9.17) is 9.84 Å². The molecule has 4 nitrogen and oxygen atoms in total. The summed E-state index contributed by atoms with van der Waals surface area (Å²) in [6.45, 7) is 9.45. The van der Waals surface area contributed by atoms with Crippen molar-refractivity contribution in [2.45, 2.75) is 33.7 Å². The third-order valence-electron chi connectivity index (χ3n) is 4.18. The number of carboxylic acids is 1. The highest BCUT2D eigenvalue weighted by Crippen LogP contribution is 2.19. The van der Waals surface area contributed by atoms with Crippen LogP contribution in [-0.2, 0) is 13.0 Å². The molecule has 2 aromatic rings. The van der Waals surface area contributed by atoms with Gasteiger partial charge in [0.15, 0.2) is 0 Å². The molecule has 0 amide bonds. The lowest BCUT2D eigenvalue weighted by atomic mass is 9.95. The Balaban J connectivity index is 2.03. The average molecular weight is 355 g/mol. The summed E-state index contributed by atoms with van der Waals surface area (Å²) >= 11 is 0. The second-order valence-electron chi connectivity index (χ2n) is 7.87. The van der Waals surface area contributed by atoms with Crippen LogP contribution in [-0.4, -0.2) is 36.2 Å². The first-order chi connectivity index (χ1) is 12.3. The van der Waals surface area contributed by atoms with Gasteiger partial charge in [-0.15, -0.1) is 0 Å². The Labute approximate surface area is 156 Å². The van der Waals surface area contributed by atoms with Crippen molar-refractivity contribution in [2.75, 3.05) is 20.2 Å². The van der Waals surface area contributed by atoms with Crippen LogP contribution in [0, 0.1) is 5.41 Å². The Kier molecular flexibility index (Phi) is 6.81. The van der Waals surface area contributed by atoms with Crippen LogP contribution in [0.4, 0.5) is 0 Å². The van der Waals surface area contributed by atoms with E-state index in [0.29, 0.717) is 5.56 Å². The number of hydrogen-bond donors (Lipinski definition) is 1. The minimum Gasteiger partial charge on any atom is -0.497 e. The molecule has 4 heteroatoms. The molecule has 2 aromatic carbocycles. The smallest absolute Gasteiger partial charge is 0.335 e. The molecular formula is C22H29NO3. The molecule has 0 bridgehead atoms. The van der Waals surface area contributed by atoms with E-state index in [1.54, 1.807) is 19.2 Å². The largest absolute Gasteiger partial charge is 0.497 e. The van der Waals surface area contributed by atoms with Gasteiger partial charge in [-0.2, -0.15) is 0 Å². The van der Waals surface area contributed by atoms with E-state index in [1.165, 1.54) is 5.56 Å². The molecule has 0 saturated carbocycles. The van der Waals surface area contributed by atoms with Crippen LogP contribution in [0.15, 0.2) is 48.5 Å². The SMILES string of the molecule is COc1ccc(CCN(Cc2ccc(C(=O)O)cc2)CC(C)(C)C)cc1. The highest BCUT2D eigenvalue weighted by molar-refractivity contribution is 5.87. The topological polar surface area (TPSA) is 49.8 Å². The summed E-state index contributed by atoms with van der Waals surface area (Å²) in [5.74, 6) is -0.0126. The van der Waals surface area contributed by atoms with Crippen molar-refractivity contribution >= 4 is 5.97 Å². The van der Waals surface area contributed by atoms with Crippen molar-refractivity contribution in [2.24, 2.45) is 5.41 Å². The van der Waals surface area contributed by atoms with Crippen LogP contribution < -0.4 is 4.74 Å². The van der Waals surface area contributed by atoms with E-state index in [-0.39, 0.29) is 5.41 Å². The molecule has 0 heterocycles. The molecule has 1 N–H and O–H groups in total. The van der Waals surface area contributed by atoms with Gasteiger partial charge in [-0.3, -0.25) is 4.90 Å². The molecule has 26 heavy (non-hydrogen) atoms. The maximum absolute atomic E-state index is 11.0. The zero-order chi connectivity index (χ0) is 19.2. The maximum Gasteiger partial charge on any atom is 0.335 e. The standard InChI is InChI=1S/C22H29NO3/c1-22(2,3)16-23(14-13-17-7-11-20(26-4)12-8-17)15-18-5-9-19(10-6-18)21(24)25/h5-12H,13-16H2,1-4H3,(H,24,25). The first kappa shape index (κ1) is 20.0. The molecule has 0 saturated heterocycles. The molecule has 140 valence electrons. The molecule has 0 spiro atoms. The monoisotopic (exact) mass is 355 g/mol. The van der Waals surface area contributed by atoms with E-state index >= 15 is 0 Å². The Morgan fingerprint density at radius 3 is 2.08 bits per heavy atom. The van der Waals surface area contributed by atoms with Crippen molar-refractivity contribution in [3.8, 4) is 5.75 Å². The lowest BCUT2D eigenvalue weighted by molar-refractivity contribution is 0.0697.